The van der Waals surface area contributed by atoms with Crippen molar-refractivity contribution in [3.8, 4) is 21.3 Å². The largest absolute Gasteiger partial charge is 0.318 e. The van der Waals surface area contributed by atoms with Gasteiger partial charge >= 0.3 is 0 Å². The van der Waals surface area contributed by atoms with Gasteiger partial charge in [-0.15, -0.1) is 22.7 Å². The molecule has 0 unspecified atom stereocenters. The highest BCUT2D eigenvalue weighted by atomic mass is 32.1. The molecule has 0 saturated carbocycles. The number of benzene rings is 1. The summed E-state index contributed by atoms with van der Waals surface area (Å²) in [5, 5.41) is 7.36. The van der Waals surface area contributed by atoms with E-state index in [0.717, 1.165) is 15.4 Å². The third kappa shape index (κ3) is 3.47. The fraction of sp³-hybridized carbons (Fsp3) is 0. The van der Waals surface area contributed by atoms with Crippen LogP contribution in [0.25, 0.3) is 21.3 Å². The summed E-state index contributed by atoms with van der Waals surface area (Å²) >= 11 is 3.05. The molecule has 0 bridgehead atoms. The summed E-state index contributed by atoms with van der Waals surface area (Å²) in [4.78, 5) is 26.4. The van der Waals surface area contributed by atoms with Gasteiger partial charge in [0.2, 0.25) is 0 Å². The Morgan fingerprint density at radius 3 is 2.48 bits per heavy atom. The lowest BCUT2D eigenvalue weighted by Crippen LogP contribution is -2.12. The van der Waals surface area contributed by atoms with E-state index < -0.39 is 0 Å². The van der Waals surface area contributed by atoms with Crippen LogP contribution in [0.2, 0.25) is 0 Å². The van der Waals surface area contributed by atoms with Crippen molar-refractivity contribution < 1.29 is 4.79 Å². The quantitative estimate of drug-likeness (QED) is 0.575. The molecule has 0 aliphatic carbocycles. The Labute approximate surface area is 152 Å². The number of carbonyl (C=O) groups is 1. The molecule has 1 N–H and O–H groups in total. The van der Waals surface area contributed by atoms with Crippen LogP contribution < -0.4 is 5.32 Å². The highest BCUT2D eigenvalue weighted by molar-refractivity contribution is 7.20. The van der Waals surface area contributed by atoms with Crippen LogP contribution in [0.4, 0.5) is 5.69 Å². The number of hydrogen-bond donors (Lipinski definition) is 1. The molecule has 3 aromatic heterocycles. The maximum atomic E-state index is 12.3. The van der Waals surface area contributed by atoms with Gasteiger partial charge in [0.25, 0.3) is 5.91 Å². The topological polar surface area (TPSA) is 67.8 Å². The smallest absolute Gasteiger partial charge is 0.275 e. The van der Waals surface area contributed by atoms with Crippen LogP contribution in [0.5, 0.6) is 0 Å². The minimum absolute atomic E-state index is 0.268. The van der Waals surface area contributed by atoms with E-state index in [1.165, 1.54) is 11.3 Å². The number of nitrogens with zero attached hydrogens (tertiary/aromatic N) is 3. The number of amides is 1. The molecule has 0 saturated heterocycles. The fourth-order valence-electron chi connectivity index (χ4n) is 2.22. The average molecular weight is 364 g/mol. The minimum atomic E-state index is -0.268. The molecule has 5 nitrogen and oxygen atoms in total. The molecule has 0 radical (unpaired) electrons. The first kappa shape index (κ1) is 15.6. The fourth-order valence-corrected chi connectivity index (χ4v) is 3.83. The first-order valence-corrected chi connectivity index (χ1v) is 9.24. The third-order valence-corrected chi connectivity index (χ3v) is 5.29. The van der Waals surface area contributed by atoms with Gasteiger partial charge in [-0.2, -0.15) is 0 Å². The third-order valence-electron chi connectivity index (χ3n) is 3.41. The van der Waals surface area contributed by atoms with Gasteiger partial charge in [0.05, 0.1) is 23.0 Å². The number of anilines is 1. The molecule has 4 aromatic rings. The molecule has 25 heavy (non-hydrogen) atoms. The lowest BCUT2D eigenvalue weighted by atomic mass is 10.2. The number of aromatic nitrogens is 3. The lowest BCUT2D eigenvalue weighted by Gasteiger charge is -2.04. The Bertz CT molecular complexity index is 980. The molecular weight excluding hydrogens is 352 g/mol. The molecule has 3 heterocycles. The Morgan fingerprint density at radius 1 is 0.960 bits per heavy atom. The molecule has 0 atom stereocenters. The zero-order valence-electron chi connectivity index (χ0n) is 12.9. The van der Waals surface area contributed by atoms with Crippen molar-refractivity contribution in [1.29, 1.82) is 0 Å². The normalized spacial score (nSPS) is 10.6. The van der Waals surface area contributed by atoms with Crippen molar-refractivity contribution in [2.24, 2.45) is 0 Å². The van der Waals surface area contributed by atoms with E-state index in [9.17, 15) is 4.79 Å². The van der Waals surface area contributed by atoms with Crippen molar-refractivity contribution >= 4 is 34.3 Å². The van der Waals surface area contributed by atoms with E-state index in [-0.39, 0.29) is 5.91 Å². The van der Waals surface area contributed by atoms with Crippen molar-refractivity contribution in [2.75, 3.05) is 5.32 Å². The Hall–Kier alpha value is -2.90. The Balaban J connectivity index is 1.48. The molecule has 4 rings (SSSR count). The second kappa shape index (κ2) is 6.92. The van der Waals surface area contributed by atoms with Crippen molar-refractivity contribution in [2.45, 2.75) is 0 Å². The summed E-state index contributed by atoms with van der Waals surface area (Å²) in [6, 6.07) is 13.6. The predicted octanol–water partition coefficient (Wildman–Crippen LogP) is 4.58. The van der Waals surface area contributed by atoms with Crippen molar-refractivity contribution in [3.63, 3.8) is 0 Å². The van der Waals surface area contributed by atoms with E-state index in [1.807, 2.05) is 47.8 Å². The van der Waals surface area contributed by atoms with Gasteiger partial charge in [-0.05, 0) is 11.4 Å². The zero-order chi connectivity index (χ0) is 17.1. The average Bonchev–Trinajstić information content (AvgIpc) is 3.35. The Kier molecular flexibility index (Phi) is 4.32. The highest BCUT2D eigenvalue weighted by Gasteiger charge is 2.13. The molecule has 1 amide bonds. The summed E-state index contributed by atoms with van der Waals surface area (Å²) in [7, 11) is 0. The standard InChI is InChI=1S/C18H12N4OS2/c23-17(14-11-25-18(22-14)15-7-4-8-24-15)21-13-9-19-16(20-10-13)12-5-2-1-3-6-12/h1-11H,(H,21,23). The number of nitrogens with one attached hydrogen (secondary N) is 1. The van der Waals surface area contributed by atoms with Crippen molar-refractivity contribution in [1.82, 2.24) is 15.0 Å². The molecule has 0 aliphatic heterocycles. The van der Waals surface area contributed by atoms with Crippen LogP contribution >= 0.6 is 22.7 Å². The molecule has 7 heteroatoms. The van der Waals surface area contributed by atoms with Crippen LogP contribution in [-0.2, 0) is 0 Å². The lowest BCUT2D eigenvalue weighted by molar-refractivity contribution is 0.102. The summed E-state index contributed by atoms with van der Waals surface area (Å²) in [6.07, 6.45) is 3.19. The highest BCUT2D eigenvalue weighted by Crippen LogP contribution is 2.28. The number of thiophene rings is 1. The van der Waals surface area contributed by atoms with E-state index in [4.69, 9.17) is 0 Å². The van der Waals surface area contributed by atoms with Crippen LogP contribution in [0, 0.1) is 0 Å². The molecule has 1 aromatic carbocycles. The van der Waals surface area contributed by atoms with Gasteiger partial charge < -0.3 is 5.32 Å². The van der Waals surface area contributed by atoms with Crippen molar-refractivity contribution in [3.05, 3.63) is 71.3 Å². The molecule has 0 aliphatic rings. The van der Waals surface area contributed by atoms with E-state index in [2.05, 4.69) is 20.3 Å². The molecule has 0 fully saturated rings. The van der Waals surface area contributed by atoms with Crippen LogP contribution in [-0.4, -0.2) is 20.9 Å². The predicted molar refractivity (Wildman–Crippen MR) is 101 cm³/mol. The number of thiazole rings is 1. The second-order valence-electron chi connectivity index (χ2n) is 5.13. The van der Waals surface area contributed by atoms with E-state index >= 15 is 0 Å². The minimum Gasteiger partial charge on any atom is -0.318 e. The monoisotopic (exact) mass is 364 g/mol. The van der Waals surface area contributed by atoms with Crippen LogP contribution in [0.3, 0.4) is 0 Å². The first-order chi connectivity index (χ1) is 12.3. The van der Waals surface area contributed by atoms with Gasteiger partial charge in [0, 0.05) is 10.9 Å². The molecular formula is C18H12N4OS2. The van der Waals surface area contributed by atoms with Gasteiger partial charge in [0.1, 0.15) is 10.7 Å². The SMILES string of the molecule is O=C(Nc1cnc(-c2ccccc2)nc1)c1csc(-c2cccs2)n1. The first-order valence-electron chi connectivity index (χ1n) is 7.48. The summed E-state index contributed by atoms with van der Waals surface area (Å²) in [6.45, 7) is 0. The Morgan fingerprint density at radius 2 is 1.76 bits per heavy atom. The van der Waals surface area contributed by atoms with Gasteiger partial charge in [-0.25, -0.2) is 15.0 Å². The number of carbonyl (C=O) groups excluding carboxylic acids is 1. The second-order valence-corrected chi connectivity index (χ2v) is 6.94. The summed E-state index contributed by atoms with van der Waals surface area (Å²) in [5.74, 6) is 0.349. The zero-order valence-corrected chi connectivity index (χ0v) is 14.6. The number of rotatable bonds is 4. The van der Waals surface area contributed by atoms with Gasteiger partial charge in [-0.1, -0.05) is 36.4 Å². The summed E-state index contributed by atoms with van der Waals surface area (Å²) < 4.78 is 0. The maximum Gasteiger partial charge on any atom is 0.275 e. The van der Waals surface area contributed by atoms with E-state index in [1.54, 1.807) is 29.1 Å². The maximum absolute atomic E-state index is 12.3. The number of hydrogen-bond acceptors (Lipinski definition) is 6. The van der Waals surface area contributed by atoms with Crippen LogP contribution in [0.1, 0.15) is 10.5 Å². The van der Waals surface area contributed by atoms with Crippen LogP contribution in [0.15, 0.2) is 65.6 Å². The molecule has 0 spiro atoms. The summed E-state index contributed by atoms with van der Waals surface area (Å²) in [5.41, 5.74) is 1.86. The van der Waals surface area contributed by atoms with Gasteiger partial charge in [0.15, 0.2) is 5.82 Å². The van der Waals surface area contributed by atoms with E-state index in [0.29, 0.717) is 17.2 Å². The molecule has 122 valence electrons. The van der Waals surface area contributed by atoms with Gasteiger partial charge in [-0.3, -0.25) is 4.79 Å².